The number of aryl methyl sites for hydroxylation is 1. The number of nitrogens with zero attached hydrogens (tertiary/aromatic N) is 1. The Kier molecular flexibility index (Phi) is 5.10. The largest absolute Gasteiger partial charge is 0.271 e. The van der Waals surface area contributed by atoms with Crippen LogP contribution in [-0.4, -0.2) is 4.98 Å². The molecule has 2 aromatic rings. The molecule has 1 atom stereocenters. The molecule has 1 heterocycles. The van der Waals surface area contributed by atoms with E-state index in [4.69, 9.17) is 5.84 Å². The number of hydrogen-bond donors (Lipinski definition) is 2. The number of benzene rings is 1. The first-order valence-corrected chi connectivity index (χ1v) is 7.51. The molecule has 0 fully saturated rings. The zero-order valence-corrected chi connectivity index (χ0v) is 13.7. The van der Waals surface area contributed by atoms with E-state index >= 15 is 0 Å². The lowest BCUT2D eigenvalue weighted by molar-refractivity contribution is 0.536. The van der Waals surface area contributed by atoms with Crippen molar-refractivity contribution < 1.29 is 0 Å². The van der Waals surface area contributed by atoms with Gasteiger partial charge in [-0.25, -0.2) is 0 Å². The minimum absolute atomic E-state index is 0.0230. The summed E-state index contributed by atoms with van der Waals surface area (Å²) >= 11 is 6.92. The van der Waals surface area contributed by atoms with Gasteiger partial charge in [-0.1, -0.05) is 29.8 Å². The number of nitrogens with two attached hydrogens (primary N) is 1. The van der Waals surface area contributed by atoms with Crippen LogP contribution >= 0.6 is 31.9 Å². The van der Waals surface area contributed by atoms with E-state index in [0.717, 1.165) is 21.1 Å². The Morgan fingerprint density at radius 2 is 1.95 bits per heavy atom. The van der Waals surface area contributed by atoms with E-state index in [9.17, 15) is 0 Å². The zero-order valence-electron chi connectivity index (χ0n) is 10.5. The third-order valence-electron chi connectivity index (χ3n) is 2.93. The molecule has 5 heteroatoms. The lowest BCUT2D eigenvalue weighted by Gasteiger charge is -2.17. The summed E-state index contributed by atoms with van der Waals surface area (Å²) in [7, 11) is 0. The topological polar surface area (TPSA) is 50.9 Å². The van der Waals surface area contributed by atoms with E-state index < -0.39 is 0 Å². The molecular weight excluding hydrogens is 370 g/mol. The van der Waals surface area contributed by atoms with Crippen molar-refractivity contribution >= 4 is 31.9 Å². The van der Waals surface area contributed by atoms with Crippen LogP contribution in [0, 0.1) is 6.92 Å². The number of aromatic nitrogens is 1. The summed E-state index contributed by atoms with van der Waals surface area (Å²) in [5.41, 5.74) is 6.22. The van der Waals surface area contributed by atoms with Crippen molar-refractivity contribution in [3.63, 3.8) is 0 Å². The van der Waals surface area contributed by atoms with Crippen LogP contribution in [0.5, 0.6) is 0 Å². The molecule has 0 saturated carbocycles. The Balaban J connectivity index is 2.22. The molecule has 1 unspecified atom stereocenters. The van der Waals surface area contributed by atoms with E-state index in [2.05, 4.69) is 73.5 Å². The van der Waals surface area contributed by atoms with Crippen molar-refractivity contribution in [1.29, 1.82) is 0 Å². The molecule has 0 saturated heterocycles. The van der Waals surface area contributed by atoms with Crippen molar-refractivity contribution in [2.24, 2.45) is 5.84 Å². The monoisotopic (exact) mass is 383 g/mol. The number of hydrogen-bond acceptors (Lipinski definition) is 3. The van der Waals surface area contributed by atoms with Gasteiger partial charge in [0.2, 0.25) is 0 Å². The molecule has 0 amide bonds. The highest BCUT2D eigenvalue weighted by molar-refractivity contribution is 9.11. The molecule has 0 bridgehead atoms. The van der Waals surface area contributed by atoms with Crippen molar-refractivity contribution in [1.82, 2.24) is 10.4 Å². The molecule has 100 valence electrons. The second-order valence-corrected chi connectivity index (χ2v) is 6.20. The van der Waals surface area contributed by atoms with Gasteiger partial charge in [-0.05, 0) is 56.8 Å². The molecule has 2 rings (SSSR count). The third-order valence-corrected chi connectivity index (χ3v) is 4.00. The summed E-state index contributed by atoms with van der Waals surface area (Å²) in [6.07, 6.45) is 2.57. The zero-order chi connectivity index (χ0) is 13.8. The molecule has 1 aromatic heterocycles. The van der Waals surface area contributed by atoms with Crippen molar-refractivity contribution in [2.75, 3.05) is 0 Å². The highest BCUT2D eigenvalue weighted by atomic mass is 79.9. The van der Waals surface area contributed by atoms with Gasteiger partial charge in [0.1, 0.15) is 0 Å². The number of hydrazine groups is 1. The number of pyridine rings is 1. The smallest absolute Gasteiger partial charge is 0.0732 e. The summed E-state index contributed by atoms with van der Waals surface area (Å²) < 4.78 is 1.88. The lowest BCUT2D eigenvalue weighted by Crippen LogP contribution is -2.30. The summed E-state index contributed by atoms with van der Waals surface area (Å²) in [6.45, 7) is 2.08. The van der Waals surface area contributed by atoms with Gasteiger partial charge >= 0.3 is 0 Å². The summed E-state index contributed by atoms with van der Waals surface area (Å²) in [5, 5.41) is 0. The number of rotatable bonds is 4. The first-order valence-electron chi connectivity index (χ1n) is 5.92. The summed E-state index contributed by atoms with van der Waals surface area (Å²) in [5.74, 6) is 5.67. The van der Waals surface area contributed by atoms with Gasteiger partial charge in [-0.15, -0.1) is 0 Å². The summed E-state index contributed by atoms with van der Waals surface area (Å²) in [4.78, 5) is 4.43. The molecule has 0 aliphatic heterocycles. The van der Waals surface area contributed by atoms with Gasteiger partial charge < -0.3 is 0 Å². The van der Waals surface area contributed by atoms with Gasteiger partial charge in [-0.3, -0.25) is 16.3 Å². The highest BCUT2D eigenvalue weighted by Gasteiger charge is 2.15. The minimum Gasteiger partial charge on any atom is -0.271 e. The Hall–Kier alpha value is -0.750. The maximum atomic E-state index is 5.67. The predicted octanol–water partition coefficient (Wildman–Crippen LogP) is 3.66. The van der Waals surface area contributed by atoms with Gasteiger partial charge in [0.05, 0.1) is 11.7 Å². The third kappa shape index (κ3) is 3.86. The van der Waals surface area contributed by atoms with Gasteiger partial charge in [-0.2, -0.15) is 0 Å². The average molecular weight is 385 g/mol. The average Bonchev–Trinajstić information content (AvgIpc) is 2.39. The van der Waals surface area contributed by atoms with Crippen molar-refractivity contribution in [2.45, 2.75) is 19.4 Å². The second-order valence-electron chi connectivity index (χ2n) is 4.43. The van der Waals surface area contributed by atoms with Crippen molar-refractivity contribution in [3.8, 4) is 0 Å². The fraction of sp³-hybridized carbons (Fsp3) is 0.214. The molecule has 0 radical (unpaired) electrons. The van der Waals surface area contributed by atoms with E-state index in [1.807, 2.05) is 6.07 Å². The highest BCUT2D eigenvalue weighted by Crippen LogP contribution is 2.26. The molecular formula is C14H15Br2N3. The van der Waals surface area contributed by atoms with E-state index in [0.29, 0.717) is 0 Å². The Morgan fingerprint density at radius 3 is 2.53 bits per heavy atom. The molecule has 1 aromatic carbocycles. The van der Waals surface area contributed by atoms with Crippen LogP contribution in [0.15, 0.2) is 45.5 Å². The first kappa shape index (κ1) is 14.7. The van der Waals surface area contributed by atoms with Gasteiger partial charge in [0, 0.05) is 15.1 Å². The van der Waals surface area contributed by atoms with Gasteiger partial charge in [0.15, 0.2) is 0 Å². The molecule has 3 N–H and O–H groups in total. The normalized spacial score (nSPS) is 12.4. The fourth-order valence-corrected chi connectivity index (χ4v) is 3.14. The van der Waals surface area contributed by atoms with Crippen molar-refractivity contribution in [3.05, 3.63) is 62.3 Å². The molecule has 0 spiro atoms. The van der Waals surface area contributed by atoms with Crippen LogP contribution in [0.1, 0.15) is 22.9 Å². The maximum absolute atomic E-state index is 5.67. The predicted molar refractivity (Wildman–Crippen MR) is 84.6 cm³/mol. The number of nitrogens with one attached hydrogen (secondary N) is 1. The van der Waals surface area contributed by atoms with E-state index in [-0.39, 0.29) is 6.04 Å². The van der Waals surface area contributed by atoms with Gasteiger partial charge in [0.25, 0.3) is 0 Å². The summed E-state index contributed by atoms with van der Waals surface area (Å²) in [6, 6.07) is 10.4. The van der Waals surface area contributed by atoms with Crippen LogP contribution in [0.4, 0.5) is 0 Å². The van der Waals surface area contributed by atoms with E-state index in [1.165, 1.54) is 11.1 Å². The van der Waals surface area contributed by atoms with Crippen LogP contribution in [0.25, 0.3) is 0 Å². The molecule has 19 heavy (non-hydrogen) atoms. The Labute approximate surface area is 129 Å². The first-order chi connectivity index (χ1) is 9.10. The molecule has 0 aliphatic carbocycles. The van der Waals surface area contributed by atoms with Crippen LogP contribution in [0.2, 0.25) is 0 Å². The maximum Gasteiger partial charge on any atom is 0.0732 e. The minimum atomic E-state index is -0.0230. The van der Waals surface area contributed by atoms with E-state index in [1.54, 1.807) is 6.20 Å². The second kappa shape index (κ2) is 6.61. The quantitative estimate of drug-likeness (QED) is 0.624. The SMILES string of the molecule is Cc1ccc(CC(NN)c2ncc(Br)cc2Br)cc1. The molecule has 0 aliphatic rings. The molecule has 3 nitrogen and oxygen atoms in total. The fourth-order valence-electron chi connectivity index (χ4n) is 1.88. The Bertz CT molecular complexity index is 555. The Morgan fingerprint density at radius 1 is 1.26 bits per heavy atom. The van der Waals surface area contributed by atoms with Crippen LogP contribution in [-0.2, 0) is 6.42 Å². The van der Waals surface area contributed by atoms with Crippen LogP contribution < -0.4 is 11.3 Å². The lowest BCUT2D eigenvalue weighted by atomic mass is 10.0. The standard InChI is InChI=1S/C14H15Br2N3/c1-9-2-4-10(5-3-9)6-13(19-17)14-12(16)7-11(15)8-18-14/h2-5,7-8,13,19H,6,17H2,1H3. The van der Waals surface area contributed by atoms with Crippen LogP contribution in [0.3, 0.4) is 0 Å². The number of halogens is 2.